The van der Waals surface area contributed by atoms with Crippen molar-refractivity contribution in [2.75, 3.05) is 6.61 Å². The minimum Gasteiger partial charge on any atom is -0.392 e. The van der Waals surface area contributed by atoms with E-state index in [0.717, 1.165) is 32.1 Å². The molecular weight excluding hydrogens is 236 g/mol. The minimum atomic E-state index is -0.281. The average Bonchev–Trinajstić information content (AvgIpc) is 2.43. The lowest BCUT2D eigenvalue weighted by Crippen LogP contribution is -1.99. The maximum atomic E-state index is 8.97. The maximum Gasteiger partial charge on any atom is 0.0718 e. The van der Waals surface area contributed by atoms with Crippen molar-refractivity contribution in [3.05, 3.63) is 37.0 Å². The Balaban J connectivity index is 0. The second kappa shape index (κ2) is 19.5. The predicted octanol–water partition coefficient (Wildman–Crippen LogP) is 4.39. The zero-order chi connectivity index (χ0) is 14.8. The van der Waals surface area contributed by atoms with Gasteiger partial charge < -0.3 is 10.2 Å². The van der Waals surface area contributed by atoms with Gasteiger partial charge in [0.1, 0.15) is 0 Å². The summed E-state index contributed by atoms with van der Waals surface area (Å²) >= 11 is 0. The normalized spacial score (nSPS) is 12.4. The van der Waals surface area contributed by atoms with Crippen LogP contribution in [0, 0.1) is 0 Å². The number of aliphatic hydroxyl groups is 2. The number of hydrogen-bond acceptors (Lipinski definition) is 2. The summed E-state index contributed by atoms with van der Waals surface area (Å²) in [5, 5.41) is 17.3. The summed E-state index contributed by atoms with van der Waals surface area (Å²) in [5.41, 5.74) is 0. The van der Waals surface area contributed by atoms with Gasteiger partial charge in [0.25, 0.3) is 0 Å². The molecule has 0 aliphatic rings. The molecule has 19 heavy (non-hydrogen) atoms. The first kappa shape index (κ1) is 20.5. The van der Waals surface area contributed by atoms with E-state index in [4.69, 9.17) is 10.2 Å². The maximum absolute atomic E-state index is 8.97. The summed E-state index contributed by atoms with van der Waals surface area (Å²) < 4.78 is 0. The van der Waals surface area contributed by atoms with Gasteiger partial charge in [-0.05, 0) is 25.7 Å². The monoisotopic (exact) mass is 268 g/mol. The third-order valence-electron chi connectivity index (χ3n) is 2.55. The molecule has 2 N–H and O–H groups in total. The second-order valence-electron chi connectivity index (χ2n) is 4.41. The van der Waals surface area contributed by atoms with Crippen LogP contribution in [-0.4, -0.2) is 22.9 Å². The molecule has 2 heteroatoms. The first-order valence-electron chi connectivity index (χ1n) is 7.44. The topological polar surface area (TPSA) is 40.5 Å². The van der Waals surface area contributed by atoms with Gasteiger partial charge in [-0.3, -0.25) is 0 Å². The van der Waals surface area contributed by atoms with E-state index in [-0.39, 0.29) is 12.7 Å². The number of rotatable bonds is 10. The molecule has 0 spiro atoms. The fraction of sp³-hybridized carbons (Fsp3) is 0.647. The summed E-state index contributed by atoms with van der Waals surface area (Å²) in [6.45, 7) is 7.93. The van der Waals surface area contributed by atoms with Crippen LogP contribution in [0.15, 0.2) is 37.0 Å². The second-order valence-corrected chi connectivity index (χ2v) is 4.41. The molecule has 0 saturated heterocycles. The van der Waals surface area contributed by atoms with Gasteiger partial charge >= 0.3 is 0 Å². The Morgan fingerprint density at radius 2 is 1.63 bits per heavy atom. The number of allylic oxidation sites excluding steroid dienone is 3. The summed E-state index contributed by atoms with van der Waals surface area (Å²) in [6.07, 6.45) is 17.1. The van der Waals surface area contributed by atoms with Crippen LogP contribution in [0.2, 0.25) is 0 Å². The molecule has 0 bridgehead atoms. The molecule has 0 fully saturated rings. The molecule has 1 unspecified atom stereocenters. The Kier molecular flexibility index (Phi) is 21.0. The molecule has 0 rings (SSSR count). The molecule has 0 aromatic heterocycles. The molecule has 0 saturated carbocycles. The van der Waals surface area contributed by atoms with Crippen LogP contribution < -0.4 is 0 Å². The van der Waals surface area contributed by atoms with Crippen molar-refractivity contribution in [2.24, 2.45) is 0 Å². The summed E-state index contributed by atoms with van der Waals surface area (Å²) in [6, 6.07) is 0. The zero-order valence-corrected chi connectivity index (χ0v) is 12.7. The van der Waals surface area contributed by atoms with E-state index in [2.05, 4.69) is 32.6 Å². The van der Waals surface area contributed by atoms with Crippen molar-refractivity contribution in [3.63, 3.8) is 0 Å². The third-order valence-corrected chi connectivity index (χ3v) is 2.55. The van der Waals surface area contributed by atoms with E-state index >= 15 is 0 Å². The van der Waals surface area contributed by atoms with E-state index in [1.165, 1.54) is 12.8 Å². The van der Waals surface area contributed by atoms with Gasteiger partial charge in [0.15, 0.2) is 0 Å². The van der Waals surface area contributed by atoms with Gasteiger partial charge in [-0.15, -0.1) is 6.58 Å². The molecule has 0 aliphatic carbocycles. The molecule has 0 radical (unpaired) electrons. The molecule has 0 aliphatic heterocycles. The Labute approximate surface area is 119 Å². The van der Waals surface area contributed by atoms with Gasteiger partial charge in [0.2, 0.25) is 0 Å². The molecule has 0 aromatic carbocycles. The first-order valence-corrected chi connectivity index (χ1v) is 7.44. The Morgan fingerprint density at radius 3 is 2.11 bits per heavy atom. The highest BCUT2D eigenvalue weighted by atomic mass is 16.3. The molecule has 0 heterocycles. The highest BCUT2D eigenvalue weighted by molar-refractivity contribution is 4.87. The van der Waals surface area contributed by atoms with Crippen molar-refractivity contribution >= 4 is 0 Å². The Hall–Kier alpha value is -0.860. The minimum absolute atomic E-state index is 0.164. The van der Waals surface area contributed by atoms with E-state index in [1.807, 2.05) is 6.08 Å². The van der Waals surface area contributed by atoms with Crippen molar-refractivity contribution in [1.82, 2.24) is 0 Å². The third kappa shape index (κ3) is 22.8. The average molecular weight is 268 g/mol. The molecule has 2 nitrogen and oxygen atoms in total. The van der Waals surface area contributed by atoms with Crippen LogP contribution >= 0.6 is 0 Å². The molecular formula is C17H32O2. The van der Waals surface area contributed by atoms with Crippen LogP contribution in [0.1, 0.15) is 58.8 Å². The van der Waals surface area contributed by atoms with Crippen molar-refractivity contribution in [1.29, 1.82) is 0 Å². The Morgan fingerprint density at radius 1 is 1.00 bits per heavy atom. The standard InChI is InChI=1S/C9H16O.C8H16O/c1-2-3-4-5-6-7-8-9-10;1-3-5-6-7-8(9)4-2/h3-4,7-8,10H,2,5-6,9H2,1H3;4,8-9H,2-3,5-7H2,1H3. The van der Waals surface area contributed by atoms with Gasteiger partial charge in [0, 0.05) is 0 Å². The van der Waals surface area contributed by atoms with Crippen molar-refractivity contribution < 1.29 is 10.2 Å². The fourth-order valence-corrected chi connectivity index (χ4v) is 1.39. The van der Waals surface area contributed by atoms with E-state index < -0.39 is 0 Å². The van der Waals surface area contributed by atoms with Crippen molar-refractivity contribution in [3.8, 4) is 0 Å². The van der Waals surface area contributed by atoms with E-state index in [9.17, 15) is 0 Å². The smallest absolute Gasteiger partial charge is 0.0718 e. The van der Waals surface area contributed by atoms with Crippen LogP contribution in [-0.2, 0) is 0 Å². The summed E-state index contributed by atoms with van der Waals surface area (Å²) in [7, 11) is 0. The fourth-order valence-electron chi connectivity index (χ4n) is 1.39. The quantitative estimate of drug-likeness (QED) is 0.455. The van der Waals surface area contributed by atoms with Gasteiger partial charge in [0.05, 0.1) is 12.7 Å². The molecule has 112 valence electrons. The lowest BCUT2D eigenvalue weighted by molar-refractivity contribution is 0.208. The first-order chi connectivity index (χ1) is 9.22. The lowest BCUT2D eigenvalue weighted by Gasteiger charge is -2.01. The summed E-state index contributed by atoms with van der Waals surface area (Å²) in [4.78, 5) is 0. The van der Waals surface area contributed by atoms with Gasteiger partial charge in [-0.1, -0.05) is 63.5 Å². The largest absolute Gasteiger partial charge is 0.392 e. The van der Waals surface area contributed by atoms with Crippen LogP contribution in [0.25, 0.3) is 0 Å². The number of aliphatic hydroxyl groups excluding tert-OH is 2. The van der Waals surface area contributed by atoms with Gasteiger partial charge in [-0.2, -0.15) is 0 Å². The molecule has 0 amide bonds. The predicted molar refractivity (Wildman–Crippen MR) is 85.2 cm³/mol. The lowest BCUT2D eigenvalue weighted by atomic mass is 10.1. The van der Waals surface area contributed by atoms with Crippen LogP contribution in [0.3, 0.4) is 0 Å². The van der Waals surface area contributed by atoms with Crippen LogP contribution in [0.4, 0.5) is 0 Å². The number of unbranched alkanes of at least 4 members (excludes halogenated alkanes) is 3. The van der Waals surface area contributed by atoms with Crippen molar-refractivity contribution in [2.45, 2.75) is 64.9 Å². The molecule has 1 atom stereocenters. The summed E-state index contributed by atoms with van der Waals surface area (Å²) in [5.74, 6) is 0. The van der Waals surface area contributed by atoms with Gasteiger partial charge in [-0.25, -0.2) is 0 Å². The number of hydrogen-bond donors (Lipinski definition) is 2. The highest BCUT2D eigenvalue weighted by Gasteiger charge is 1.94. The SMILES string of the molecule is C=CC(O)CCCCC.CCC=CCCC=CCO. The molecule has 0 aromatic rings. The van der Waals surface area contributed by atoms with E-state index in [1.54, 1.807) is 12.2 Å². The highest BCUT2D eigenvalue weighted by Crippen LogP contribution is 2.02. The van der Waals surface area contributed by atoms with Crippen LogP contribution in [0.5, 0.6) is 0 Å². The zero-order valence-electron chi connectivity index (χ0n) is 12.7. The Bertz CT molecular complexity index is 205. The van der Waals surface area contributed by atoms with E-state index in [0.29, 0.717) is 0 Å².